The van der Waals surface area contributed by atoms with Crippen molar-refractivity contribution < 1.29 is 23.4 Å². The molecule has 0 aliphatic carbocycles. The van der Waals surface area contributed by atoms with E-state index in [0.717, 1.165) is 17.1 Å². The number of amides is 1. The van der Waals surface area contributed by atoms with Crippen LogP contribution >= 0.6 is 0 Å². The summed E-state index contributed by atoms with van der Waals surface area (Å²) in [5.41, 5.74) is 6.49. The maximum Gasteiger partial charge on any atom is 0.307 e. The highest BCUT2D eigenvalue weighted by atomic mass is 16.5. The SMILES string of the molecule is COc1cc(/C=N/NC(=O)c2ccc(COc3ccc(-n4c(C)ccc4C)cc3)o2)ccc1OCC#N. The molecule has 4 rings (SSSR count). The molecule has 0 aliphatic rings. The van der Waals surface area contributed by atoms with Gasteiger partial charge in [0, 0.05) is 17.1 Å². The molecule has 0 bridgehead atoms. The van der Waals surface area contributed by atoms with E-state index in [9.17, 15) is 4.79 Å². The molecular weight excluding hydrogens is 472 g/mol. The molecule has 0 unspecified atom stereocenters. The molecule has 0 aliphatic heterocycles. The number of nitriles is 1. The lowest BCUT2D eigenvalue weighted by atomic mass is 10.2. The van der Waals surface area contributed by atoms with Gasteiger partial charge in [0.25, 0.3) is 0 Å². The van der Waals surface area contributed by atoms with Crippen molar-refractivity contribution in [2.24, 2.45) is 5.10 Å². The summed E-state index contributed by atoms with van der Waals surface area (Å²) in [7, 11) is 1.50. The summed E-state index contributed by atoms with van der Waals surface area (Å²) in [6.07, 6.45) is 1.46. The van der Waals surface area contributed by atoms with Crippen molar-refractivity contribution in [2.45, 2.75) is 20.5 Å². The largest absolute Gasteiger partial charge is 0.493 e. The van der Waals surface area contributed by atoms with E-state index in [1.807, 2.05) is 30.3 Å². The molecule has 2 aromatic carbocycles. The monoisotopic (exact) mass is 498 g/mol. The smallest absolute Gasteiger partial charge is 0.307 e. The van der Waals surface area contributed by atoms with Crippen molar-refractivity contribution in [2.75, 3.05) is 13.7 Å². The van der Waals surface area contributed by atoms with Gasteiger partial charge in [0.1, 0.15) is 24.2 Å². The molecule has 1 N–H and O–H groups in total. The molecular formula is C28H26N4O5. The first-order chi connectivity index (χ1) is 18.0. The third-order valence-electron chi connectivity index (χ3n) is 5.49. The molecule has 0 radical (unpaired) electrons. The van der Waals surface area contributed by atoms with Crippen molar-refractivity contribution in [3.05, 3.63) is 95.2 Å². The fourth-order valence-electron chi connectivity index (χ4n) is 3.71. The van der Waals surface area contributed by atoms with Crippen LogP contribution in [0.4, 0.5) is 0 Å². The number of carbonyl (C=O) groups excluding carboxylic acids is 1. The van der Waals surface area contributed by atoms with Crippen LogP contribution < -0.4 is 19.6 Å². The maximum absolute atomic E-state index is 12.4. The number of benzene rings is 2. The van der Waals surface area contributed by atoms with Gasteiger partial charge < -0.3 is 23.2 Å². The zero-order chi connectivity index (χ0) is 26.2. The van der Waals surface area contributed by atoms with Gasteiger partial charge in [0.2, 0.25) is 0 Å². The standard InChI is InChI=1S/C28H26N4O5/c1-19-4-5-20(2)32(19)22-7-9-23(10-8-22)36-18-24-11-13-26(37-24)28(33)31-30-17-21-6-12-25(35-15-14-29)27(16-21)34-3/h4-13,16-17H,15,18H2,1-3H3,(H,31,33)/b30-17+. The Morgan fingerprint density at radius 2 is 1.78 bits per heavy atom. The summed E-state index contributed by atoms with van der Waals surface area (Å²) >= 11 is 0. The van der Waals surface area contributed by atoms with Crippen LogP contribution in [0.2, 0.25) is 0 Å². The second-order valence-electron chi connectivity index (χ2n) is 8.06. The Hall–Kier alpha value is -4.97. The second kappa shape index (κ2) is 11.6. The van der Waals surface area contributed by atoms with Crippen molar-refractivity contribution in [1.82, 2.24) is 9.99 Å². The lowest BCUT2D eigenvalue weighted by Gasteiger charge is -2.10. The van der Waals surface area contributed by atoms with Gasteiger partial charge in [-0.15, -0.1) is 0 Å². The van der Waals surface area contributed by atoms with Gasteiger partial charge in [-0.25, -0.2) is 5.43 Å². The van der Waals surface area contributed by atoms with Crippen molar-refractivity contribution in [1.29, 1.82) is 5.26 Å². The molecule has 0 saturated carbocycles. The predicted molar refractivity (Wildman–Crippen MR) is 137 cm³/mol. The van der Waals surface area contributed by atoms with Gasteiger partial charge in [0.15, 0.2) is 23.9 Å². The number of aryl methyl sites for hydroxylation is 2. The minimum Gasteiger partial charge on any atom is -0.493 e. The lowest BCUT2D eigenvalue weighted by molar-refractivity contribution is 0.0923. The van der Waals surface area contributed by atoms with E-state index in [2.05, 4.69) is 41.1 Å². The highest BCUT2D eigenvalue weighted by Gasteiger charge is 2.11. The summed E-state index contributed by atoms with van der Waals surface area (Å²) in [6, 6.07) is 22.2. The van der Waals surface area contributed by atoms with Gasteiger partial charge in [-0.2, -0.15) is 10.4 Å². The molecule has 2 heterocycles. The van der Waals surface area contributed by atoms with Crippen LogP contribution in [0.25, 0.3) is 5.69 Å². The van der Waals surface area contributed by atoms with E-state index in [1.54, 1.807) is 30.3 Å². The summed E-state index contributed by atoms with van der Waals surface area (Å²) in [5.74, 6) is 1.71. The number of aromatic nitrogens is 1. The highest BCUT2D eigenvalue weighted by molar-refractivity contribution is 5.92. The molecule has 4 aromatic rings. The molecule has 37 heavy (non-hydrogen) atoms. The molecule has 0 atom stereocenters. The number of hydrazone groups is 1. The van der Waals surface area contributed by atoms with Crippen LogP contribution in [0.3, 0.4) is 0 Å². The van der Waals surface area contributed by atoms with Gasteiger partial charge >= 0.3 is 5.91 Å². The lowest BCUT2D eigenvalue weighted by Crippen LogP contribution is -2.16. The van der Waals surface area contributed by atoms with E-state index in [-0.39, 0.29) is 19.0 Å². The second-order valence-corrected chi connectivity index (χ2v) is 8.06. The Morgan fingerprint density at radius 1 is 1.03 bits per heavy atom. The molecule has 1 amide bonds. The Morgan fingerprint density at radius 3 is 2.49 bits per heavy atom. The first-order valence-electron chi connectivity index (χ1n) is 11.5. The number of ether oxygens (including phenoxy) is 3. The van der Waals surface area contributed by atoms with Gasteiger partial charge in [-0.3, -0.25) is 4.79 Å². The number of methoxy groups -OCH3 is 1. The molecule has 0 saturated heterocycles. The number of carbonyl (C=O) groups is 1. The van der Waals surface area contributed by atoms with Gasteiger partial charge in [0.05, 0.1) is 13.3 Å². The number of furan rings is 1. The molecule has 0 spiro atoms. The number of hydrogen-bond donors (Lipinski definition) is 1. The molecule has 0 fully saturated rings. The van der Waals surface area contributed by atoms with Crippen LogP contribution in [-0.2, 0) is 6.61 Å². The number of hydrogen-bond acceptors (Lipinski definition) is 7. The van der Waals surface area contributed by atoms with Crippen molar-refractivity contribution in [3.8, 4) is 29.0 Å². The normalized spacial score (nSPS) is 10.8. The first-order valence-corrected chi connectivity index (χ1v) is 11.5. The first kappa shape index (κ1) is 25.1. The quantitative estimate of drug-likeness (QED) is 0.245. The van der Waals surface area contributed by atoms with Gasteiger partial charge in [-0.1, -0.05) is 0 Å². The Kier molecular flexibility index (Phi) is 7.91. The molecule has 2 aromatic heterocycles. The van der Waals surface area contributed by atoms with E-state index in [0.29, 0.717) is 28.6 Å². The number of rotatable bonds is 10. The zero-order valence-corrected chi connectivity index (χ0v) is 20.7. The summed E-state index contributed by atoms with van der Waals surface area (Å²) in [6.45, 7) is 4.22. The van der Waals surface area contributed by atoms with Crippen molar-refractivity contribution in [3.63, 3.8) is 0 Å². The topological polar surface area (TPSA) is 111 Å². The summed E-state index contributed by atoms with van der Waals surface area (Å²) in [5, 5.41) is 12.6. The molecule has 188 valence electrons. The minimum absolute atomic E-state index is 0.0872. The fraction of sp³-hybridized carbons (Fsp3) is 0.179. The van der Waals surface area contributed by atoms with Crippen molar-refractivity contribution >= 4 is 12.1 Å². The summed E-state index contributed by atoms with van der Waals surface area (Å²) < 4.78 is 24.1. The third-order valence-corrected chi connectivity index (χ3v) is 5.49. The van der Waals surface area contributed by atoms with E-state index in [1.165, 1.54) is 13.3 Å². The highest BCUT2D eigenvalue weighted by Crippen LogP contribution is 2.27. The predicted octanol–water partition coefficient (Wildman–Crippen LogP) is 4.94. The minimum atomic E-state index is -0.495. The van der Waals surface area contributed by atoms with E-state index in [4.69, 9.17) is 23.9 Å². The van der Waals surface area contributed by atoms with E-state index >= 15 is 0 Å². The Balaban J connectivity index is 1.30. The average Bonchev–Trinajstić information content (AvgIpc) is 3.53. The number of nitrogens with zero attached hydrogens (tertiary/aromatic N) is 3. The van der Waals surface area contributed by atoms with Crippen LogP contribution in [0.1, 0.15) is 33.3 Å². The van der Waals surface area contributed by atoms with Crippen LogP contribution in [0.5, 0.6) is 17.2 Å². The van der Waals surface area contributed by atoms with Crippen LogP contribution in [0, 0.1) is 25.2 Å². The van der Waals surface area contributed by atoms with Crippen LogP contribution in [0.15, 0.2) is 76.2 Å². The zero-order valence-electron chi connectivity index (χ0n) is 20.7. The summed E-state index contributed by atoms with van der Waals surface area (Å²) in [4.78, 5) is 12.4. The molecule has 9 heteroatoms. The fourth-order valence-corrected chi connectivity index (χ4v) is 3.71. The number of nitrogens with one attached hydrogen (secondary N) is 1. The molecule has 9 nitrogen and oxygen atoms in total. The third kappa shape index (κ3) is 6.18. The van der Waals surface area contributed by atoms with Gasteiger partial charge in [-0.05, 0) is 86.1 Å². The van der Waals surface area contributed by atoms with E-state index < -0.39 is 5.91 Å². The maximum atomic E-state index is 12.4. The Bertz CT molecular complexity index is 1420. The average molecular weight is 499 g/mol. The Labute approximate surface area is 214 Å². The van der Waals surface area contributed by atoms with Crippen LogP contribution in [-0.4, -0.2) is 30.4 Å².